The highest BCUT2D eigenvalue weighted by atomic mass is 16.3. The lowest BCUT2D eigenvalue weighted by atomic mass is 10.1. The van der Waals surface area contributed by atoms with E-state index in [2.05, 4.69) is 5.32 Å². The van der Waals surface area contributed by atoms with Gasteiger partial charge in [0.1, 0.15) is 0 Å². The van der Waals surface area contributed by atoms with E-state index in [-0.39, 0.29) is 19.1 Å². The zero-order chi connectivity index (χ0) is 7.98. The summed E-state index contributed by atoms with van der Waals surface area (Å²) in [5.74, 6) is -0.618. The molecular weight excluding hydrogens is 132 g/mol. The van der Waals surface area contributed by atoms with Crippen LogP contribution in [-0.2, 0) is 4.79 Å². The molecule has 4 nitrogen and oxygen atoms in total. The minimum Gasteiger partial charge on any atom is -0.395 e. The first-order valence-electron chi connectivity index (χ1n) is 3.34. The zero-order valence-corrected chi connectivity index (χ0v) is 6.13. The smallest absolute Gasteiger partial charge is 0.226 e. The second-order valence-electron chi connectivity index (χ2n) is 2.01. The molecule has 0 aromatic carbocycles. The van der Waals surface area contributed by atoms with E-state index in [1.54, 1.807) is 0 Å². The van der Waals surface area contributed by atoms with Gasteiger partial charge < -0.3 is 16.2 Å². The van der Waals surface area contributed by atoms with Crippen molar-refractivity contribution in [1.82, 2.24) is 5.32 Å². The van der Waals surface area contributed by atoms with Gasteiger partial charge in [0.25, 0.3) is 0 Å². The molecule has 4 N–H and O–H groups in total. The monoisotopic (exact) mass is 146 g/mol. The maximum atomic E-state index is 10.9. The Morgan fingerprint density at radius 1 is 1.80 bits per heavy atom. The second-order valence-corrected chi connectivity index (χ2v) is 2.01. The molecule has 0 bridgehead atoms. The van der Waals surface area contributed by atoms with Crippen LogP contribution in [0.5, 0.6) is 0 Å². The van der Waals surface area contributed by atoms with Gasteiger partial charge in [-0.2, -0.15) is 0 Å². The third-order valence-corrected chi connectivity index (χ3v) is 1.23. The highest BCUT2D eigenvalue weighted by molar-refractivity contribution is 5.78. The van der Waals surface area contributed by atoms with E-state index in [0.29, 0.717) is 6.54 Å². The molecule has 0 heterocycles. The first-order chi connectivity index (χ1) is 4.76. The molecule has 0 radical (unpaired) electrons. The van der Waals surface area contributed by atoms with Gasteiger partial charge in [0.2, 0.25) is 5.91 Å². The maximum absolute atomic E-state index is 10.9. The van der Waals surface area contributed by atoms with Crippen LogP contribution in [0.4, 0.5) is 0 Å². The van der Waals surface area contributed by atoms with Crippen molar-refractivity contribution in [1.29, 1.82) is 0 Å². The fourth-order valence-electron chi connectivity index (χ4n) is 0.583. The number of hydrogen-bond donors (Lipinski definition) is 3. The summed E-state index contributed by atoms with van der Waals surface area (Å²) in [6.45, 7) is 2.42. The lowest BCUT2D eigenvalue weighted by Crippen LogP contribution is -2.36. The van der Waals surface area contributed by atoms with Gasteiger partial charge >= 0.3 is 0 Å². The summed E-state index contributed by atoms with van der Waals surface area (Å²) in [4.78, 5) is 10.9. The van der Waals surface area contributed by atoms with Crippen molar-refractivity contribution >= 4 is 5.91 Å². The quantitative estimate of drug-likeness (QED) is 0.461. The molecular formula is C6H14N2O2. The highest BCUT2D eigenvalue weighted by Crippen LogP contribution is 1.90. The van der Waals surface area contributed by atoms with Crippen molar-refractivity contribution < 1.29 is 9.90 Å². The third kappa shape index (κ3) is 2.80. The van der Waals surface area contributed by atoms with E-state index in [9.17, 15) is 4.79 Å². The number of nitrogens with two attached hydrogens (primary N) is 1. The van der Waals surface area contributed by atoms with Gasteiger partial charge in [0.05, 0.1) is 12.5 Å². The van der Waals surface area contributed by atoms with Crippen LogP contribution < -0.4 is 11.1 Å². The Morgan fingerprint density at radius 3 is 2.70 bits per heavy atom. The maximum Gasteiger partial charge on any atom is 0.226 e. The van der Waals surface area contributed by atoms with Gasteiger partial charge in [0, 0.05) is 13.1 Å². The Hall–Kier alpha value is -0.610. The molecule has 1 atom stereocenters. The van der Waals surface area contributed by atoms with Crippen molar-refractivity contribution in [3.8, 4) is 0 Å². The summed E-state index contributed by atoms with van der Waals surface area (Å²) in [7, 11) is 0. The first-order valence-corrected chi connectivity index (χ1v) is 3.34. The minimum atomic E-state index is -0.444. The molecule has 4 heteroatoms. The predicted octanol–water partition coefficient (Wildman–Crippen LogP) is -1.31. The van der Waals surface area contributed by atoms with Crippen molar-refractivity contribution in [3.05, 3.63) is 0 Å². The molecule has 1 amide bonds. The molecule has 0 fully saturated rings. The van der Waals surface area contributed by atoms with E-state index in [1.165, 1.54) is 0 Å². The molecule has 0 spiro atoms. The van der Waals surface area contributed by atoms with E-state index < -0.39 is 5.92 Å². The van der Waals surface area contributed by atoms with Gasteiger partial charge in [0.15, 0.2) is 0 Å². The molecule has 0 aliphatic heterocycles. The zero-order valence-electron chi connectivity index (χ0n) is 6.13. The molecule has 0 aliphatic carbocycles. The fourth-order valence-corrected chi connectivity index (χ4v) is 0.583. The second kappa shape index (κ2) is 5.20. The number of rotatable bonds is 4. The van der Waals surface area contributed by atoms with Crippen molar-refractivity contribution in [2.45, 2.75) is 6.92 Å². The highest BCUT2D eigenvalue weighted by Gasteiger charge is 2.13. The van der Waals surface area contributed by atoms with Crippen LogP contribution in [0.2, 0.25) is 0 Å². The van der Waals surface area contributed by atoms with Gasteiger partial charge in [-0.1, -0.05) is 0 Å². The summed E-state index contributed by atoms with van der Waals surface area (Å²) in [6, 6.07) is 0. The summed E-state index contributed by atoms with van der Waals surface area (Å²) < 4.78 is 0. The van der Waals surface area contributed by atoms with E-state index in [4.69, 9.17) is 10.8 Å². The van der Waals surface area contributed by atoms with E-state index in [0.717, 1.165) is 0 Å². The molecule has 0 aromatic rings. The third-order valence-electron chi connectivity index (χ3n) is 1.23. The molecule has 0 aromatic heterocycles. The van der Waals surface area contributed by atoms with E-state index >= 15 is 0 Å². The summed E-state index contributed by atoms with van der Waals surface area (Å²) in [6.07, 6.45) is 0. The standard InChI is InChI=1S/C6H14N2O2/c1-2-8-6(10)5(3-7)4-9/h5,9H,2-4,7H2,1H3,(H,8,10). The van der Waals surface area contributed by atoms with Crippen LogP contribution in [0.25, 0.3) is 0 Å². The minimum absolute atomic E-state index is 0.174. The van der Waals surface area contributed by atoms with Crippen molar-refractivity contribution in [2.75, 3.05) is 19.7 Å². The largest absolute Gasteiger partial charge is 0.395 e. The van der Waals surface area contributed by atoms with Crippen LogP contribution in [0.15, 0.2) is 0 Å². The summed E-state index contributed by atoms with van der Waals surface area (Å²) in [5.41, 5.74) is 5.19. The molecule has 0 saturated heterocycles. The summed E-state index contributed by atoms with van der Waals surface area (Å²) in [5, 5.41) is 11.2. The van der Waals surface area contributed by atoms with Gasteiger partial charge in [-0.3, -0.25) is 4.79 Å². The number of carbonyl (C=O) groups is 1. The molecule has 0 saturated carbocycles. The van der Waals surface area contributed by atoms with Crippen molar-refractivity contribution in [3.63, 3.8) is 0 Å². The summed E-state index contributed by atoms with van der Waals surface area (Å²) >= 11 is 0. The Bertz CT molecular complexity index is 102. The predicted molar refractivity (Wildman–Crippen MR) is 38.3 cm³/mol. The molecule has 10 heavy (non-hydrogen) atoms. The number of aliphatic hydroxyl groups excluding tert-OH is 1. The topological polar surface area (TPSA) is 75.4 Å². The lowest BCUT2D eigenvalue weighted by Gasteiger charge is -2.09. The Morgan fingerprint density at radius 2 is 2.40 bits per heavy atom. The van der Waals surface area contributed by atoms with Crippen molar-refractivity contribution in [2.24, 2.45) is 11.7 Å². The Labute approximate surface area is 60.4 Å². The normalized spacial score (nSPS) is 12.7. The number of nitrogens with one attached hydrogen (secondary N) is 1. The lowest BCUT2D eigenvalue weighted by molar-refractivity contribution is -0.125. The number of aliphatic hydroxyl groups is 1. The molecule has 1 unspecified atom stereocenters. The van der Waals surface area contributed by atoms with Gasteiger partial charge in [-0.25, -0.2) is 0 Å². The molecule has 0 aliphatic rings. The number of hydrogen-bond acceptors (Lipinski definition) is 3. The van der Waals surface area contributed by atoms with Gasteiger partial charge in [-0.05, 0) is 6.92 Å². The van der Waals surface area contributed by atoms with Crippen LogP contribution in [-0.4, -0.2) is 30.7 Å². The first kappa shape index (κ1) is 9.39. The van der Waals surface area contributed by atoms with E-state index in [1.807, 2.05) is 6.92 Å². The fraction of sp³-hybridized carbons (Fsp3) is 0.833. The van der Waals surface area contributed by atoms with Gasteiger partial charge in [-0.15, -0.1) is 0 Å². The number of amides is 1. The Kier molecular flexibility index (Phi) is 4.88. The van der Waals surface area contributed by atoms with Crippen LogP contribution in [0.3, 0.4) is 0 Å². The SMILES string of the molecule is CCNC(=O)C(CN)CO. The Balaban J connectivity index is 3.65. The molecule has 60 valence electrons. The molecule has 0 rings (SSSR count). The van der Waals surface area contributed by atoms with Crippen LogP contribution >= 0.6 is 0 Å². The number of carbonyl (C=O) groups excluding carboxylic acids is 1. The van der Waals surface area contributed by atoms with Crippen LogP contribution in [0, 0.1) is 5.92 Å². The van der Waals surface area contributed by atoms with Crippen LogP contribution in [0.1, 0.15) is 6.92 Å². The average Bonchev–Trinajstić information content (AvgIpc) is 1.91. The average molecular weight is 146 g/mol.